The number of benzene rings is 1. The molecule has 0 aliphatic rings. The third kappa shape index (κ3) is 2.00. The average molecular weight is 219 g/mol. The lowest BCUT2D eigenvalue weighted by Crippen LogP contribution is -1.93. The molecule has 3 heteroatoms. The smallest absolute Gasteiger partial charge is 0.0999 e. The van der Waals surface area contributed by atoms with E-state index in [0.29, 0.717) is 22.4 Å². The van der Waals surface area contributed by atoms with Crippen molar-refractivity contribution in [2.45, 2.75) is 6.92 Å². The molecule has 3 nitrogen and oxygen atoms in total. The maximum Gasteiger partial charge on any atom is 0.0999 e. The molecule has 0 fully saturated rings. The molecular weight excluding hydrogens is 210 g/mol. The third-order valence-electron chi connectivity index (χ3n) is 2.44. The number of aryl methyl sites for hydroxylation is 1. The van der Waals surface area contributed by atoms with Gasteiger partial charge in [-0.3, -0.25) is 4.98 Å². The molecule has 1 aromatic heterocycles. The molecule has 2 aromatic rings. The van der Waals surface area contributed by atoms with Gasteiger partial charge in [-0.2, -0.15) is 10.5 Å². The van der Waals surface area contributed by atoms with Crippen molar-refractivity contribution in [1.82, 2.24) is 4.98 Å². The number of hydrogen-bond acceptors (Lipinski definition) is 3. The van der Waals surface area contributed by atoms with Crippen LogP contribution in [0, 0.1) is 29.6 Å². The molecule has 0 bridgehead atoms. The van der Waals surface area contributed by atoms with Crippen LogP contribution >= 0.6 is 0 Å². The van der Waals surface area contributed by atoms with Crippen LogP contribution < -0.4 is 0 Å². The van der Waals surface area contributed by atoms with Gasteiger partial charge in [-0.25, -0.2) is 0 Å². The van der Waals surface area contributed by atoms with Gasteiger partial charge in [-0.05, 0) is 36.8 Å². The van der Waals surface area contributed by atoms with Crippen LogP contribution in [0.4, 0.5) is 0 Å². The fourth-order valence-electron chi connectivity index (χ4n) is 1.75. The zero-order valence-corrected chi connectivity index (χ0v) is 9.31. The molecule has 80 valence electrons. The monoisotopic (exact) mass is 219 g/mol. The Morgan fingerprint density at radius 1 is 1.06 bits per heavy atom. The van der Waals surface area contributed by atoms with Crippen LogP contribution in [-0.4, -0.2) is 4.98 Å². The van der Waals surface area contributed by atoms with Gasteiger partial charge < -0.3 is 0 Å². The zero-order valence-electron chi connectivity index (χ0n) is 9.31. The Morgan fingerprint density at radius 2 is 1.71 bits per heavy atom. The molecule has 1 heterocycles. The second kappa shape index (κ2) is 4.47. The summed E-state index contributed by atoms with van der Waals surface area (Å²) in [7, 11) is 0. The standard InChI is InChI=1S/C14H9N3/c1-10-6-11(8-15)14(12(7-10)9-16)13-4-2-3-5-17-13/h2-7H,1H3. The molecule has 0 spiro atoms. The summed E-state index contributed by atoms with van der Waals surface area (Å²) in [5.74, 6) is 0. The summed E-state index contributed by atoms with van der Waals surface area (Å²) in [5, 5.41) is 18.3. The molecule has 0 radical (unpaired) electrons. The van der Waals surface area contributed by atoms with E-state index in [1.807, 2.05) is 13.0 Å². The SMILES string of the molecule is Cc1cc(C#N)c(-c2ccccn2)c(C#N)c1. The largest absolute Gasteiger partial charge is 0.256 e. The number of hydrogen-bond donors (Lipinski definition) is 0. The number of rotatable bonds is 1. The summed E-state index contributed by atoms with van der Waals surface area (Å²) < 4.78 is 0. The summed E-state index contributed by atoms with van der Waals surface area (Å²) >= 11 is 0. The molecule has 0 atom stereocenters. The number of aromatic nitrogens is 1. The molecule has 2 rings (SSSR count). The Morgan fingerprint density at radius 3 is 2.18 bits per heavy atom. The van der Waals surface area contributed by atoms with Crippen LogP contribution in [0.1, 0.15) is 16.7 Å². The summed E-state index contributed by atoms with van der Waals surface area (Å²) in [5.41, 5.74) is 3.14. The molecule has 0 saturated carbocycles. The van der Waals surface area contributed by atoms with Crippen molar-refractivity contribution in [3.63, 3.8) is 0 Å². The number of pyridine rings is 1. The molecule has 0 aliphatic carbocycles. The first-order chi connectivity index (χ1) is 8.26. The molecule has 17 heavy (non-hydrogen) atoms. The van der Waals surface area contributed by atoms with E-state index in [0.717, 1.165) is 5.56 Å². The van der Waals surface area contributed by atoms with Crippen LogP contribution in [0.25, 0.3) is 11.3 Å². The third-order valence-corrected chi connectivity index (χ3v) is 2.44. The Bertz CT molecular complexity index is 596. The quantitative estimate of drug-likeness (QED) is 0.740. The zero-order chi connectivity index (χ0) is 12.3. The van der Waals surface area contributed by atoms with Crippen molar-refractivity contribution in [3.8, 4) is 23.4 Å². The fraction of sp³-hybridized carbons (Fsp3) is 0.0714. The van der Waals surface area contributed by atoms with E-state index < -0.39 is 0 Å². The van der Waals surface area contributed by atoms with Gasteiger partial charge in [-0.15, -0.1) is 0 Å². The maximum absolute atomic E-state index is 9.14. The van der Waals surface area contributed by atoms with Gasteiger partial charge in [0.05, 0.1) is 29.0 Å². The lowest BCUT2D eigenvalue weighted by molar-refractivity contribution is 1.30. The highest BCUT2D eigenvalue weighted by Crippen LogP contribution is 2.26. The van der Waals surface area contributed by atoms with Crippen molar-refractivity contribution < 1.29 is 0 Å². The van der Waals surface area contributed by atoms with Crippen molar-refractivity contribution in [1.29, 1.82) is 10.5 Å². The van der Waals surface area contributed by atoms with Gasteiger partial charge in [-0.1, -0.05) is 6.07 Å². The Hall–Kier alpha value is -2.65. The van der Waals surface area contributed by atoms with E-state index in [-0.39, 0.29) is 0 Å². The van der Waals surface area contributed by atoms with Crippen molar-refractivity contribution in [3.05, 3.63) is 53.2 Å². The minimum atomic E-state index is 0.486. The topological polar surface area (TPSA) is 60.5 Å². The van der Waals surface area contributed by atoms with Gasteiger partial charge in [0.15, 0.2) is 0 Å². The van der Waals surface area contributed by atoms with E-state index in [2.05, 4.69) is 17.1 Å². The van der Waals surface area contributed by atoms with E-state index in [1.165, 1.54) is 0 Å². The Balaban J connectivity index is 2.78. The van der Waals surface area contributed by atoms with Crippen LogP contribution in [0.5, 0.6) is 0 Å². The van der Waals surface area contributed by atoms with Crippen LogP contribution in [0.3, 0.4) is 0 Å². The summed E-state index contributed by atoms with van der Waals surface area (Å²) in [4.78, 5) is 4.19. The minimum absolute atomic E-state index is 0.486. The van der Waals surface area contributed by atoms with Gasteiger partial charge in [0.2, 0.25) is 0 Å². The molecule has 0 saturated heterocycles. The van der Waals surface area contributed by atoms with Crippen LogP contribution in [-0.2, 0) is 0 Å². The summed E-state index contributed by atoms with van der Waals surface area (Å²) in [6, 6.07) is 13.2. The summed E-state index contributed by atoms with van der Waals surface area (Å²) in [6.45, 7) is 1.86. The van der Waals surface area contributed by atoms with Crippen molar-refractivity contribution in [2.75, 3.05) is 0 Å². The second-order valence-electron chi connectivity index (χ2n) is 3.67. The van der Waals surface area contributed by atoms with Crippen molar-refractivity contribution in [2.24, 2.45) is 0 Å². The first-order valence-corrected chi connectivity index (χ1v) is 5.12. The molecular formula is C14H9N3. The lowest BCUT2D eigenvalue weighted by atomic mass is 9.96. The van der Waals surface area contributed by atoms with E-state index in [1.54, 1.807) is 30.5 Å². The Labute approximate surface area is 99.6 Å². The normalized spacial score (nSPS) is 9.35. The molecule has 1 aromatic carbocycles. The van der Waals surface area contributed by atoms with E-state index in [4.69, 9.17) is 10.5 Å². The van der Waals surface area contributed by atoms with Crippen LogP contribution in [0.2, 0.25) is 0 Å². The van der Waals surface area contributed by atoms with Gasteiger partial charge in [0.1, 0.15) is 0 Å². The highest BCUT2D eigenvalue weighted by molar-refractivity contribution is 5.74. The second-order valence-corrected chi connectivity index (χ2v) is 3.67. The molecule has 0 aliphatic heterocycles. The number of nitriles is 2. The van der Waals surface area contributed by atoms with Crippen molar-refractivity contribution >= 4 is 0 Å². The van der Waals surface area contributed by atoms with Gasteiger partial charge >= 0.3 is 0 Å². The molecule has 0 amide bonds. The van der Waals surface area contributed by atoms with Gasteiger partial charge in [0.25, 0.3) is 0 Å². The highest BCUT2D eigenvalue weighted by atomic mass is 14.7. The summed E-state index contributed by atoms with van der Waals surface area (Å²) in [6.07, 6.45) is 1.65. The highest BCUT2D eigenvalue weighted by Gasteiger charge is 2.12. The van der Waals surface area contributed by atoms with E-state index in [9.17, 15) is 0 Å². The molecule has 0 N–H and O–H groups in total. The first-order valence-electron chi connectivity index (χ1n) is 5.12. The first kappa shape index (κ1) is 10.9. The predicted molar refractivity (Wildman–Crippen MR) is 63.8 cm³/mol. The lowest BCUT2D eigenvalue weighted by Gasteiger charge is -2.06. The molecule has 0 unspecified atom stereocenters. The van der Waals surface area contributed by atoms with E-state index >= 15 is 0 Å². The Kier molecular flexibility index (Phi) is 2.85. The van der Waals surface area contributed by atoms with Crippen LogP contribution in [0.15, 0.2) is 36.5 Å². The fourth-order valence-corrected chi connectivity index (χ4v) is 1.75. The average Bonchev–Trinajstić information content (AvgIpc) is 2.38. The maximum atomic E-state index is 9.14. The minimum Gasteiger partial charge on any atom is -0.256 e. The predicted octanol–water partition coefficient (Wildman–Crippen LogP) is 2.80. The number of nitrogens with zero attached hydrogens (tertiary/aromatic N) is 3. The van der Waals surface area contributed by atoms with Gasteiger partial charge in [0, 0.05) is 11.8 Å².